The maximum Gasteiger partial charge on any atom is 0.212 e. The highest BCUT2D eigenvalue weighted by molar-refractivity contribution is 5.15. The summed E-state index contributed by atoms with van der Waals surface area (Å²) in [6, 6.07) is 2.08. The van der Waals surface area contributed by atoms with Gasteiger partial charge in [-0.2, -0.15) is 5.26 Å². The summed E-state index contributed by atoms with van der Waals surface area (Å²) < 4.78 is 1.92. The molecule has 0 aliphatic heterocycles. The van der Waals surface area contributed by atoms with Gasteiger partial charge in [0, 0.05) is 12.7 Å². The first-order valence-electron chi connectivity index (χ1n) is 4.21. The van der Waals surface area contributed by atoms with E-state index in [-0.39, 0.29) is 0 Å². The van der Waals surface area contributed by atoms with E-state index in [0.29, 0.717) is 5.82 Å². The molecule has 64 valence electrons. The van der Waals surface area contributed by atoms with Gasteiger partial charge in [0.2, 0.25) is 5.82 Å². The lowest BCUT2D eigenvalue weighted by Gasteiger charge is -1.99. The molecule has 12 heavy (non-hydrogen) atoms. The van der Waals surface area contributed by atoms with Gasteiger partial charge in [0.15, 0.2) is 0 Å². The summed E-state index contributed by atoms with van der Waals surface area (Å²) in [5.74, 6) is 0.529. The van der Waals surface area contributed by atoms with Crippen molar-refractivity contribution in [3.63, 3.8) is 0 Å². The molecule has 0 saturated heterocycles. The minimum Gasteiger partial charge on any atom is -0.322 e. The van der Waals surface area contributed by atoms with E-state index in [4.69, 9.17) is 5.26 Å². The van der Waals surface area contributed by atoms with Crippen molar-refractivity contribution in [2.75, 3.05) is 0 Å². The molecule has 3 heteroatoms. The second kappa shape index (κ2) is 3.91. The van der Waals surface area contributed by atoms with Crippen LogP contribution in [0.4, 0.5) is 0 Å². The van der Waals surface area contributed by atoms with Crippen molar-refractivity contribution in [1.29, 1.82) is 5.26 Å². The highest BCUT2D eigenvalue weighted by atomic mass is 15.1. The monoisotopic (exact) mass is 163 g/mol. The van der Waals surface area contributed by atoms with Gasteiger partial charge in [0.05, 0.1) is 5.69 Å². The van der Waals surface area contributed by atoms with Crippen molar-refractivity contribution in [1.82, 2.24) is 9.55 Å². The van der Waals surface area contributed by atoms with Crippen LogP contribution in [0.2, 0.25) is 0 Å². The Morgan fingerprint density at radius 2 is 2.42 bits per heavy atom. The first-order chi connectivity index (χ1) is 5.77. The molecule has 0 aliphatic rings. The minimum atomic E-state index is 0.529. The van der Waals surface area contributed by atoms with Crippen molar-refractivity contribution >= 4 is 0 Å². The van der Waals surface area contributed by atoms with E-state index < -0.39 is 0 Å². The number of aryl methyl sites for hydroxylation is 2. The number of imidazole rings is 1. The zero-order chi connectivity index (χ0) is 8.97. The Balaban J connectivity index is 2.77. The summed E-state index contributed by atoms with van der Waals surface area (Å²) in [4.78, 5) is 4.08. The maximum absolute atomic E-state index is 8.70. The lowest BCUT2D eigenvalue weighted by atomic mass is 10.3. The Kier molecular flexibility index (Phi) is 2.87. The van der Waals surface area contributed by atoms with Crippen molar-refractivity contribution < 1.29 is 0 Å². The van der Waals surface area contributed by atoms with Crippen LogP contribution in [0.5, 0.6) is 0 Å². The molecule has 1 aromatic heterocycles. The number of hydrogen-bond donors (Lipinski definition) is 0. The molecule has 0 aliphatic carbocycles. The first kappa shape index (κ1) is 8.79. The Bertz CT molecular complexity index is 293. The Labute approximate surface area is 72.7 Å². The van der Waals surface area contributed by atoms with Crippen LogP contribution in [0, 0.1) is 18.3 Å². The smallest absolute Gasteiger partial charge is 0.212 e. The molecule has 0 fully saturated rings. The molecule has 0 atom stereocenters. The van der Waals surface area contributed by atoms with Gasteiger partial charge in [-0.1, -0.05) is 13.3 Å². The number of hydrogen-bond acceptors (Lipinski definition) is 2. The fraction of sp³-hybridized carbons (Fsp3) is 0.556. The summed E-state index contributed by atoms with van der Waals surface area (Å²) in [7, 11) is 0. The number of rotatable bonds is 3. The van der Waals surface area contributed by atoms with Gasteiger partial charge in [-0.25, -0.2) is 4.98 Å². The number of nitriles is 1. The van der Waals surface area contributed by atoms with E-state index in [1.807, 2.05) is 17.7 Å². The number of aromatic nitrogens is 2. The van der Waals surface area contributed by atoms with Gasteiger partial charge in [-0.15, -0.1) is 0 Å². The third-order valence-corrected chi connectivity index (χ3v) is 1.75. The van der Waals surface area contributed by atoms with Crippen LogP contribution in [0.1, 0.15) is 31.3 Å². The highest BCUT2D eigenvalue weighted by Gasteiger charge is 2.02. The van der Waals surface area contributed by atoms with E-state index in [2.05, 4.69) is 18.0 Å². The Morgan fingerprint density at radius 1 is 1.67 bits per heavy atom. The third-order valence-electron chi connectivity index (χ3n) is 1.75. The molecule has 0 saturated carbocycles. The summed E-state index contributed by atoms with van der Waals surface area (Å²) >= 11 is 0. The van der Waals surface area contributed by atoms with Crippen LogP contribution in [-0.2, 0) is 6.54 Å². The first-order valence-corrected chi connectivity index (χ1v) is 4.21. The molecular weight excluding hydrogens is 150 g/mol. The topological polar surface area (TPSA) is 41.6 Å². The van der Waals surface area contributed by atoms with Crippen molar-refractivity contribution in [3.05, 3.63) is 17.7 Å². The highest BCUT2D eigenvalue weighted by Crippen LogP contribution is 2.03. The molecule has 0 radical (unpaired) electrons. The van der Waals surface area contributed by atoms with E-state index in [1.165, 1.54) is 0 Å². The van der Waals surface area contributed by atoms with E-state index in [1.54, 1.807) is 0 Å². The van der Waals surface area contributed by atoms with Crippen molar-refractivity contribution in [2.45, 2.75) is 33.2 Å². The summed E-state index contributed by atoms with van der Waals surface area (Å²) in [5, 5.41) is 8.70. The predicted octanol–water partition coefficient (Wildman–Crippen LogP) is 1.86. The standard InChI is InChI=1S/C9H13N3/c1-3-4-5-12-7-8(2)11-9(12)6-10/h7H,3-5H2,1-2H3. The van der Waals surface area contributed by atoms with Gasteiger partial charge >= 0.3 is 0 Å². The Hall–Kier alpha value is -1.30. The number of unbranched alkanes of at least 4 members (excludes halogenated alkanes) is 1. The minimum absolute atomic E-state index is 0.529. The molecule has 3 nitrogen and oxygen atoms in total. The molecule has 0 N–H and O–H groups in total. The van der Waals surface area contributed by atoms with E-state index >= 15 is 0 Å². The third kappa shape index (κ3) is 1.85. The average molecular weight is 163 g/mol. The lowest BCUT2D eigenvalue weighted by Crippen LogP contribution is -1.99. The molecule has 0 unspecified atom stereocenters. The second-order valence-corrected chi connectivity index (χ2v) is 2.86. The van der Waals surface area contributed by atoms with Gasteiger partial charge in [0.25, 0.3) is 0 Å². The van der Waals surface area contributed by atoms with Crippen LogP contribution in [0.15, 0.2) is 6.20 Å². The van der Waals surface area contributed by atoms with E-state index in [9.17, 15) is 0 Å². The average Bonchev–Trinajstić information content (AvgIpc) is 2.42. The summed E-state index contributed by atoms with van der Waals surface area (Å²) in [5.41, 5.74) is 0.919. The van der Waals surface area contributed by atoms with Crippen LogP contribution in [0.3, 0.4) is 0 Å². The second-order valence-electron chi connectivity index (χ2n) is 2.86. The quantitative estimate of drug-likeness (QED) is 0.682. The zero-order valence-electron chi connectivity index (χ0n) is 7.54. The molecule has 0 aromatic carbocycles. The molecule has 0 amide bonds. The molecule has 0 bridgehead atoms. The molecule has 1 aromatic rings. The zero-order valence-corrected chi connectivity index (χ0v) is 7.54. The van der Waals surface area contributed by atoms with Gasteiger partial charge in [0.1, 0.15) is 6.07 Å². The number of nitrogens with zero attached hydrogens (tertiary/aromatic N) is 3. The normalized spacial score (nSPS) is 9.75. The van der Waals surface area contributed by atoms with Crippen LogP contribution >= 0.6 is 0 Å². The van der Waals surface area contributed by atoms with Gasteiger partial charge in [-0.3, -0.25) is 0 Å². The van der Waals surface area contributed by atoms with Gasteiger partial charge in [-0.05, 0) is 13.3 Å². The summed E-state index contributed by atoms with van der Waals surface area (Å²) in [6.45, 7) is 4.94. The predicted molar refractivity (Wildman–Crippen MR) is 46.6 cm³/mol. The van der Waals surface area contributed by atoms with Crippen molar-refractivity contribution in [2.24, 2.45) is 0 Å². The van der Waals surface area contributed by atoms with Gasteiger partial charge < -0.3 is 4.57 Å². The summed E-state index contributed by atoms with van der Waals surface area (Å²) in [6.07, 6.45) is 4.17. The molecular formula is C9H13N3. The lowest BCUT2D eigenvalue weighted by molar-refractivity contribution is 0.625. The fourth-order valence-corrected chi connectivity index (χ4v) is 1.13. The largest absolute Gasteiger partial charge is 0.322 e. The molecule has 1 rings (SSSR count). The van der Waals surface area contributed by atoms with Crippen molar-refractivity contribution in [3.8, 4) is 6.07 Å². The van der Waals surface area contributed by atoms with Crippen LogP contribution < -0.4 is 0 Å². The fourth-order valence-electron chi connectivity index (χ4n) is 1.13. The van der Waals surface area contributed by atoms with E-state index in [0.717, 1.165) is 25.1 Å². The molecule has 0 spiro atoms. The van der Waals surface area contributed by atoms with Crippen LogP contribution in [0.25, 0.3) is 0 Å². The SMILES string of the molecule is CCCCn1cc(C)nc1C#N. The van der Waals surface area contributed by atoms with Crippen LogP contribution in [-0.4, -0.2) is 9.55 Å². The molecule has 1 heterocycles. The maximum atomic E-state index is 8.70. The Morgan fingerprint density at radius 3 is 3.00 bits per heavy atom.